The first-order valence-electron chi connectivity index (χ1n) is 6.58. The third-order valence-electron chi connectivity index (χ3n) is 3.39. The van der Waals surface area contributed by atoms with Gasteiger partial charge >= 0.3 is 0 Å². The highest BCUT2D eigenvalue weighted by molar-refractivity contribution is 7.92. The molecule has 0 radical (unpaired) electrons. The summed E-state index contributed by atoms with van der Waals surface area (Å²) in [6.45, 7) is 2.81. The average Bonchev–Trinajstić information content (AvgIpc) is 2.77. The van der Waals surface area contributed by atoms with E-state index in [0.29, 0.717) is 5.69 Å². The molecular formula is C13H18ClN3O3S. The maximum atomic E-state index is 12.1. The van der Waals surface area contributed by atoms with Crippen molar-refractivity contribution in [2.24, 2.45) is 5.92 Å². The Bertz CT molecular complexity index is 648. The summed E-state index contributed by atoms with van der Waals surface area (Å²) < 4.78 is 24.7. The molecule has 1 amide bonds. The van der Waals surface area contributed by atoms with Crippen molar-refractivity contribution in [2.45, 2.75) is 19.4 Å². The number of hydrogen-bond acceptors (Lipinski definition) is 4. The summed E-state index contributed by atoms with van der Waals surface area (Å²) in [5.74, 6) is -0.134. The van der Waals surface area contributed by atoms with Gasteiger partial charge in [-0.1, -0.05) is 11.6 Å². The molecule has 1 aromatic carbocycles. The lowest BCUT2D eigenvalue weighted by Gasteiger charge is -2.15. The Kier molecular flexibility index (Phi) is 4.75. The van der Waals surface area contributed by atoms with Crippen LogP contribution in [0.4, 0.5) is 11.4 Å². The second kappa shape index (κ2) is 6.21. The molecule has 0 aliphatic carbocycles. The molecule has 0 aromatic heterocycles. The molecule has 21 heavy (non-hydrogen) atoms. The maximum Gasteiger partial charge on any atom is 0.229 e. The van der Waals surface area contributed by atoms with E-state index >= 15 is 0 Å². The van der Waals surface area contributed by atoms with Gasteiger partial charge in [-0.05, 0) is 38.1 Å². The molecule has 0 spiro atoms. The van der Waals surface area contributed by atoms with E-state index in [4.69, 9.17) is 11.6 Å². The largest absolute Gasteiger partial charge is 0.326 e. The van der Waals surface area contributed by atoms with Crippen molar-refractivity contribution in [1.82, 2.24) is 5.32 Å². The van der Waals surface area contributed by atoms with Crippen LogP contribution < -0.4 is 15.4 Å². The van der Waals surface area contributed by atoms with Crippen LogP contribution in [0.3, 0.4) is 0 Å². The average molecular weight is 332 g/mol. The predicted octanol–water partition coefficient (Wildman–Crippen LogP) is 1.65. The molecule has 1 aromatic rings. The fourth-order valence-electron chi connectivity index (χ4n) is 2.33. The first-order valence-corrected chi connectivity index (χ1v) is 8.85. The van der Waals surface area contributed by atoms with Crippen molar-refractivity contribution in [3.05, 3.63) is 23.2 Å². The fourth-order valence-corrected chi connectivity index (χ4v) is 3.19. The lowest BCUT2D eigenvalue weighted by molar-refractivity contribution is -0.120. The first-order chi connectivity index (χ1) is 9.76. The molecule has 3 N–H and O–H groups in total. The van der Waals surface area contributed by atoms with Crippen molar-refractivity contribution in [2.75, 3.05) is 22.8 Å². The predicted molar refractivity (Wildman–Crippen MR) is 84.1 cm³/mol. The molecule has 8 heteroatoms. The van der Waals surface area contributed by atoms with Crippen LogP contribution in [-0.4, -0.2) is 33.2 Å². The van der Waals surface area contributed by atoms with E-state index in [1.807, 2.05) is 6.92 Å². The van der Waals surface area contributed by atoms with E-state index in [2.05, 4.69) is 15.4 Å². The highest BCUT2D eigenvalue weighted by Gasteiger charge is 2.29. The SMILES string of the molecule is CC1NCCC1C(=O)Nc1ccc(NS(C)(=O)=O)c(Cl)c1. The fraction of sp³-hybridized carbons (Fsp3) is 0.462. The molecule has 6 nitrogen and oxygen atoms in total. The summed E-state index contributed by atoms with van der Waals surface area (Å²) >= 11 is 6.02. The number of halogens is 1. The van der Waals surface area contributed by atoms with Crippen molar-refractivity contribution in [1.29, 1.82) is 0 Å². The van der Waals surface area contributed by atoms with Gasteiger partial charge < -0.3 is 10.6 Å². The van der Waals surface area contributed by atoms with Crippen LogP contribution in [0, 0.1) is 5.92 Å². The van der Waals surface area contributed by atoms with Gasteiger partial charge in [0.1, 0.15) is 0 Å². The molecule has 0 bridgehead atoms. The van der Waals surface area contributed by atoms with Crippen molar-refractivity contribution >= 4 is 38.9 Å². The number of carbonyl (C=O) groups is 1. The van der Waals surface area contributed by atoms with Crippen molar-refractivity contribution < 1.29 is 13.2 Å². The quantitative estimate of drug-likeness (QED) is 0.783. The van der Waals surface area contributed by atoms with Gasteiger partial charge in [0.25, 0.3) is 0 Å². The number of hydrogen-bond donors (Lipinski definition) is 3. The molecular weight excluding hydrogens is 314 g/mol. The Balaban J connectivity index is 2.08. The number of nitrogens with one attached hydrogen (secondary N) is 3. The number of carbonyl (C=O) groups excluding carboxylic acids is 1. The number of rotatable bonds is 4. The summed E-state index contributed by atoms with van der Waals surface area (Å²) in [4.78, 5) is 12.1. The number of sulfonamides is 1. The third-order valence-corrected chi connectivity index (χ3v) is 4.30. The van der Waals surface area contributed by atoms with E-state index in [-0.39, 0.29) is 28.6 Å². The highest BCUT2D eigenvalue weighted by atomic mass is 35.5. The normalized spacial score (nSPS) is 22.0. The van der Waals surface area contributed by atoms with E-state index in [1.54, 1.807) is 6.07 Å². The van der Waals surface area contributed by atoms with Gasteiger partial charge in [0.05, 0.1) is 22.9 Å². The van der Waals surface area contributed by atoms with Crippen LogP contribution in [0.2, 0.25) is 5.02 Å². The third kappa shape index (κ3) is 4.33. The molecule has 2 atom stereocenters. The van der Waals surface area contributed by atoms with Crippen LogP contribution in [0.1, 0.15) is 13.3 Å². The Labute approximate surface area is 129 Å². The van der Waals surface area contributed by atoms with Crippen LogP contribution >= 0.6 is 11.6 Å². The summed E-state index contributed by atoms with van der Waals surface area (Å²) in [6, 6.07) is 4.81. The van der Waals surface area contributed by atoms with Gasteiger partial charge in [-0.3, -0.25) is 9.52 Å². The number of anilines is 2. The second-order valence-corrected chi connectivity index (χ2v) is 7.35. The zero-order valence-electron chi connectivity index (χ0n) is 11.8. The minimum Gasteiger partial charge on any atom is -0.326 e. The first kappa shape index (κ1) is 16.1. The van der Waals surface area contributed by atoms with Crippen molar-refractivity contribution in [3.8, 4) is 0 Å². The number of benzene rings is 1. The van der Waals surface area contributed by atoms with Crippen LogP contribution in [-0.2, 0) is 14.8 Å². The molecule has 1 heterocycles. The van der Waals surface area contributed by atoms with E-state index in [9.17, 15) is 13.2 Å². The van der Waals surface area contributed by atoms with Gasteiger partial charge in [-0.2, -0.15) is 0 Å². The maximum absolute atomic E-state index is 12.1. The number of amides is 1. The van der Waals surface area contributed by atoms with Crippen molar-refractivity contribution in [3.63, 3.8) is 0 Å². The summed E-state index contributed by atoms with van der Waals surface area (Å²) in [5.41, 5.74) is 0.830. The molecule has 1 fully saturated rings. The minimum absolute atomic E-state index is 0.0626. The summed E-state index contributed by atoms with van der Waals surface area (Å²) in [7, 11) is -3.39. The summed E-state index contributed by atoms with van der Waals surface area (Å²) in [6.07, 6.45) is 1.85. The van der Waals surface area contributed by atoms with Crippen LogP contribution in [0.25, 0.3) is 0 Å². The zero-order valence-corrected chi connectivity index (χ0v) is 13.4. The van der Waals surface area contributed by atoms with Gasteiger partial charge in [-0.25, -0.2) is 8.42 Å². The molecule has 116 valence electrons. The lowest BCUT2D eigenvalue weighted by Crippen LogP contribution is -2.32. The Morgan fingerprint density at radius 1 is 1.43 bits per heavy atom. The van der Waals surface area contributed by atoms with E-state index < -0.39 is 10.0 Å². The molecule has 1 aliphatic rings. The smallest absolute Gasteiger partial charge is 0.229 e. The second-order valence-electron chi connectivity index (χ2n) is 5.20. The van der Waals surface area contributed by atoms with E-state index in [1.165, 1.54) is 12.1 Å². The molecule has 0 saturated carbocycles. The Morgan fingerprint density at radius 3 is 2.67 bits per heavy atom. The zero-order chi connectivity index (χ0) is 15.6. The Morgan fingerprint density at radius 2 is 2.14 bits per heavy atom. The Hall–Kier alpha value is -1.31. The highest BCUT2D eigenvalue weighted by Crippen LogP contribution is 2.27. The topological polar surface area (TPSA) is 87.3 Å². The minimum atomic E-state index is -3.39. The lowest BCUT2D eigenvalue weighted by atomic mass is 10.0. The molecule has 2 unspecified atom stereocenters. The molecule has 2 rings (SSSR count). The monoisotopic (exact) mass is 331 g/mol. The van der Waals surface area contributed by atoms with Gasteiger partial charge in [0, 0.05) is 11.7 Å². The van der Waals surface area contributed by atoms with Gasteiger partial charge in [-0.15, -0.1) is 0 Å². The van der Waals surface area contributed by atoms with E-state index in [0.717, 1.165) is 19.2 Å². The van der Waals surface area contributed by atoms with Crippen LogP contribution in [0.5, 0.6) is 0 Å². The van der Waals surface area contributed by atoms with Gasteiger partial charge in [0.15, 0.2) is 0 Å². The standard InChI is InChI=1S/C13H18ClN3O3S/c1-8-10(5-6-15-8)13(18)16-9-3-4-12(11(14)7-9)17-21(2,19)20/h3-4,7-8,10,15,17H,5-6H2,1-2H3,(H,16,18). The molecule has 1 aliphatic heterocycles. The van der Waals surface area contributed by atoms with Crippen LogP contribution in [0.15, 0.2) is 18.2 Å². The van der Waals surface area contributed by atoms with Gasteiger partial charge in [0.2, 0.25) is 15.9 Å². The molecule has 1 saturated heterocycles. The summed E-state index contributed by atoms with van der Waals surface area (Å²) in [5, 5.41) is 6.26.